The van der Waals surface area contributed by atoms with Crippen LogP contribution in [0.3, 0.4) is 0 Å². The van der Waals surface area contributed by atoms with E-state index in [4.69, 9.17) is 10.5 Å². The highest BCUT2D eigenvalue weighted by Crippen LogP contribution is 2.31. The monoisotopic (exact) mass is 573 g/mol. The minimum atomic E-state index is -0.911. The van der Waals surface area contributed by atoms with Crippen molar-refractivity contribution in [1.82, 2.24) is 15.0 Å². The molecule has 2 aromatic rings. The lowest BCUT2D eigenvalue weighted by atomic mass is 10.1. The van der Waals surface area contributed by atoms with Crippen molar-refractivity contribution in [2.45, 2.75) is 57.6 Å². The first-order chi connectivity index (χ1) is 16.7. The highest BCUT2D eigenvalue weighted by atomic mass is 79.9. The number of hydrogen-bond donors (Lipinski definition) is 4. The molecule has 9 nitrogen and oxygen atoms in total. The molecule has 1 saturated carbocycles. The molecule has 1 aromatic carbocycles. The summed E-state index contributed by atoms with van der Waals surface area (Å²) in [5.41, 5.74) is 4.87. The molecule has 4 amide bonds. The third kappa shape index (κ3) is 8.42. The van der Waals surface area contributed by atoms with E-state index in [0.717, 1.165) is 62.2 Å². The van der Waals surface area contributed by atoms with Gasteiger partial charge in [0.1, 0.15) is 28.8 Å². The zero-order valence-corrected chi connectivity index (χ0v) is 21.2. The van der Waals surface area contributed by atoms with Crippen LogP contribution in [0, 0.1) is 11.6 Å². The molecule has 35 heavy (non-hydrogen) atoms. The Balaban J connectivity index is 1.42. The Morgan fingerprint density at radius 3 is 2.49 bits per heavy atom. The summed E-state index contributed by atoms with van der Waals surface area (Å²) in [6.45, 7) is -0.126. The lowest BCUT2D eigenvalue weighted by Gasteiger charge is -2.09. The number of carbonyl (C=O) groups excluding carboxylic acids is 3. The van der Waals surface area contributed by atoms with Crippen LogP contribution < -0.4 is 26.4 Å². The Labute approximate surface area is 213 Å². The average molecular weight is 574 g/mol. The quantitative estimate of drug-likeness (QED) is 0.266. The largest absolute Gasteiger partial charge is 0.471 e. The highest BCUT2D eigenvalue weighted by molar-refractivity contribution is 9.10. The van der Waals surface area contributed by atoms with E-state index in [1.165, 1.54) is 0 Å². The molecule has 1 aliphatic carbocycles. The fourth-order valence-corrected chi connectivity index (χ4v) is 4.31. The third-order valence-electron chi connectivity index (χ3n) is 5.15. The molecule has 3 rings (SSSR count). The number of halogens is 3. The number of amides is 4. The summed E-state index contributed by atoms with van der Waals surface area (Å²) in [5.74, 6) is -2.70. The molecule has 13 heteroatoms. The number of nitrogens with two attached hydrogens (primary N) is 1. The van der Waals surface area contributed by atoms with Gasteiger partial charge in [-0.3, -0.25) is 14.9 Å². The van der Waals surface area contributed by atoms with Gasteiger partial charge in [-0.1, -0.05) is 28.8 Å². The van der Waals surface area contributed by atoms with Gasteiger partial charge in [-0.05, 0) is 49.3 Å². The smallest absolute Gasteiger partial charge is 0.319 e. The van der Waals surface area contributed by atoms with Crippen LogP contribution in [0.4, 0.5) is 18.6 Å². The van der Waals surface area contributed by atoms with Gasteiger partial charge in [-0.15, -0.1) is 0 Å². The molecule has 0 bridgehead atoms. The van der Waals surface area contributed by atoms with Crippen molar-refractivity contribution < 1.29 is 27.9 Å². The minimum absolute atomic E-state index is 0.0587. The molecule has 0 spiro atoms. The minimum Gasteiger partial charge on any atom is -0.471 e. The molecule has 1 aliphatic rings. The number of primary amides is 1. The van der Waals surface area contributed by atoms with E-state index in [2.05, 4.69) is 36.3 Å². The molecule has 0 unspecified atom stereocenters. The summed E-state index contributed by atoms with van der Waals surface area (Å²) < 4.78 is 37.5. The van der Waals surface area contributed by atoms with Gasteiger partial charge in [0.25, 0.3) is 5.91 Å². The predicted octanol–water partition coefficient (Wildman–Crippen LogP) is 4.21. The molecular weight excluding hydrogens is 548 g/mol. The lowest BCUT2D eigenvalue weighted by Crippen LogP contribution is -2.30. The summed E-state index contributed by atoms with van der Waals surface area (Å²) in [7, 11) is 0. The van der Waals surface area contributed by atoms with Crippen LogP contribution in [0.1, 0.15) is 60.9 Å². The second-order valence-corrected chi connectivity index (χ2v) is 9.77. The Kier molecular flexibility index (Phi) is 9.78. The maximum absolute atomic E-state index is 14.0. The number of rotatable bonds is 13. The van der Waals surface area contributed by atoms with Crippen LogP contribution in [0.25, 0.3) is 0 Å². The first-order valence-corrected chi connectivity index (χ1v) is 12.7. The van der Waals surface area contributed by atoms with Crippen LogP contribution in [-0.2, 0) is 11.4 Å². The van der Waals surface area contributed by atoms with E-state index < -0.39 is 30.2 Å². The highest BCUT2D eigenvalue weighted by Gasteiger charge is 2.24. The van der Waals surface area contributed by atoms with Gasteiger partial charge in [-0.2, -0.15) is 4.37 Å². The molecule has 0 radical (unpaired) electrons. The van der Waals surface area contributed by atoms with E-state index in [-0.39, 0.29) is 32.4 Å². The van der Waals surface area contributed by atoms with E-state index in [1.807, 2.05) is 0 Å². The lowest BCUT2D eigenvalue weighted by molar-refractivity contribution is -0.121. The predicted molar refractivity (Wildman–Crippen MR) is 130 cm³/mol. The number of nitrogens with zero attached hydrogens (tertiary/aromatic N) is 1. The molecule has 0 atom stereocenters. The van der Waals surface area contributed by atoms with E-state index in [0.29, 0.717) is 19.0 Å². The van der Waals surface area contributed by atoms with E-state index >= 15 is 0 Å². The molecule has 5 N–H and O–H groups in total. The Morgan fingerprint density at radius 1 is 1.14 bits per heavy atom. The van der Waals surface area contributed by atoms with Gasteiger partial charge in [0.15, 0.2) is 0 Å². The van der Waals surface area contributed by atoms with E-state index in [9.17, 15) is 23.2 Å². The van der Waals surface area contributed by atoms with Crippen molar-refractivity contribution in [3.8, 4) is 5.88 Å². The first-order valence-electron chi connectivity index (χ1n) is 11.1. The van der Waals surface area contributed by atoms with Crippen LogP contribution >= 0.6 is 27.5 Å². The fourth-order valence-electron chi connectivity index (χ4n) is 3.17. The average Bonchev–Trinajstić information content (AvgIpc) is 3.50. The molecular formula is C22H26BrF2N5O4S. The molecule has 1 heterocycles. The topological polar surface area (TPSA) is 135 Å². The van der Waals surface area contributed by atoms with Gasteiger partial charge in [0.2, 0.25) is 11.8 Å². The van der Waals surface area contributed by atoms with Gasteiger partial charge >= 0.3 is 6.03 Å². The maximum Gasteiger partial charge on any atom is 0.319 e. The molecule has 0 aliphatic heterocycles. The zero-order chi connectivity index (χ0) is 25.4. The SMILES string of the molecule is NC(=O)c1c(OCc2c(F)cc(Br)cc2F)nsc1NC(=O)NCCCCCCC(=O)NC1CC1. The summed E-state index contributed by atoms with van der Waals surface area (Å²) in [4.78, 5) is 35.7. The zero-order valence-electron chi connectivity index (χ0n) is 18.8. The molecule has 1 fully saturated rings. The Hall–Kier alpha value is -2.80. The van der Waals surface area contributed by atoms with Crippen LogP contribution in [0.2, 0.25) is 0 Å². The summed E-state index contributed by atoms with van der Waals surface area (Å²) in [5, 5.41) is 8.18. The van der Waals surface area contributed by atoms with Gasteiger partial charge in [0.05, 0.1) is 5.56 Å². The van der Waals surface area contributed by atoms with Crippen molar-refractivity contribution in [3.63, 3.8) is 0 Å². The van der Waals surface area contributed by atoms with Crippen molar-refractivity contribution in [2.75, 3.05) is 11.9 Å². The van der Waals surface area contributed by atoms with Crippen LogP contribution in [-0.4, -0.2) is 34.8 Å². The number of benzene rings is 1. The third-order valence-corrected chi connectivity index (χ3v) is 6.36. The number of anilines is 1. The van der Waals surface area contributed by atoms with Crippen molar-refractivity contribution in [1.29, 1.82) is 0 Å². The number of hydrogen-bond acceptors (Lipinski definition) is 6. The first kappa shape index (κ1) is 26.8. The summed E-state index contributed by atoms with van der Waals surface area (Å²) in [6, 6.07) is 1.98. The van der Waals surface area contributed by atoms with Crippen molar-refractivity contribution >= 4 is 50.3 Å². The molecule has 0 saturated heterocycles. The summed E-state index contributed by atoms with van der Waals surface area (Å²) in [6.07, 6.45) is 5.90. The number of aromatic nitrogens is 1. The second kappa shape index (κ2) is 12.8. The molecule has 1 aromatic heterocycles. The van der Waals surface area contributed by atoms with Crippen molar-refractivity contribution in [3.05, 3.63) is 39.4 Å². The van der Waals surface area contributed by atoms with Crippen LogP contribution in [0.15, 0.2) is 16.6 Å². The van der Waals surface area contributed by atoms with Gasteiger partial charge in [-0.25, -0.2) is 13.6 Å². The maximum atomic E-state index is 14.0. The normalized spacial score (nSPS) is 12.8. The Bertz CT molecular complexity index is 1060. The van der Waals surface area contributed by atoms with Gasteiger partial charge < -0.3 is 21.1 Å². The number of carbonyl (C=O) groups is 3. The Morgan fingerprint density at radius 2 is 1.83 bits per heavy atom. The van der Waals surface area contributed by atoms with Crippen LogP contribution in [0.5, 0.6) is 5.88 Å². The standard InChI is InChI=1S/C22H26BrF2N5O4S/c23-12-9-15(24)14(16(25)10-12)11-34-20-18(19(26)32)21(35-30-20)29-22(33)27-8-4-2-1-3-5-17(31)28-13-6-7-13/h9-10,13H,1-8,11H2,(H2,26,32)(H,28,31)(H2,27,29,33). The molecule has 190 valence electrons. The second-order valence-electron chi connectivity index (χ2n) is 8.08. The van der Waals surface area contributed by atoms with E-state index in [1.54, 1.807) is 0 Å². The fraction of sp³-hybridized carbons (Fsp3) is 0.455. The number of ether oxygens (including phenoxy) is 1. The number of unbranched alkanes of at least 4 members (excludes halogenated alkanes) is 3. The number of urea groups is 1. The number of nitrogens with one attached hydrogen (secondary N) is 3. The van der Waals surface area contributed by atoms with Crippen molar-refractivity contribution in [2.24, 2.45) is 5.73 Å². The summed E-state index contributed by atoms with van der Waals surface area (Å²) >= 11 is 3.75. The van der Waals surface area contributed by atoms with Gasteiger partial charge in [0, 0.05) is 23.5 Å².